The SMILES string of the molecule is Cc1cc([C@@H]2[C@H](c3ccccn3)NC(=S)N2CCCN(C)C)c(C)n1-c1cccc(Cl)c1Cl. The van der Waals surface area contributed by atoms with Crippen LogP contribution >= 0.6 is 35.4 Å². The van der Waals surface area contributed by atoms with Gasteiger partial charge in [0.15, 0.2) is 5.11 Å². The first kappa shape index (κ1) is 24.0. The molecule has 0 amide bonds. The molecule has 3 aromatic rings. The van der Waals surface area contributed by atoms with Gasteiger partial charge < -0.3 is 19.7 Å². The van der Waals surface area contributed by atoms with E-state index in [-0.39, 0.29) is 12.1 Å². The van der Waals surface area contributed by atoms with Gasteiger partial charge >= 0.3 is 0 Å². The number of hydrogen-bond donors (Lipinski definition) is 1. The predicted molar refractivity (Wildman–Crippen MR) is 141 cm³/mol. The van der Waals surface area contributed by atoms with Crippen LogP contribution in [0.2, 0.25) is 10.0 Å². The summed E-state index contributed by atoms with van der Waals surface area (Å²) in [4.78, 5) is 9.16. The summed E-state index contributed by atoms with van der Waals surface area (Å²) in [5, 5.41) is 5.41. The van der Waals surface area contributed by atoms with Gasteiger partial charge in [-0.05, 0) is 89.0 Å². The summed E-state index contributed by atoms with van der Waals surface area (Å²) in [6, 6.07) is 14.0. The van der Waals surface area contributed by atoms with Crippen LogP contribution in [0.25, 0.3) is 5.69 Å². The summed E-state index contributed by atoms with van der Waals surface area (Å²) in [5.41, 5.74) is 5.28. The lowest BCUT2D eigenvalue weighted by Crippen LogP contribution is -2.32. The third-order valence-electron chi connectivity index (χ3n) is 6.16. The molecule has 2 aromatic heterocycles. The minimum Gasteiger partial charge on any atom is -0.352 e. The van der Waals surface area contributed by atoms with E-state index < -0.39 is 0 Å². The lowest BCUT2D eigenvalue weighted by Gasteiger charge is -2.28. The fourth-order valence-electron chi connectivity index (χ4n) is 4.66. The Labute approximate surface area is 211 Å². The van der Waals surface area contributed by atoms with E-state index >= 15 is 0 Å². The van der Waals surface area contributed by atoms with Crippen LogP contribution in [0.15, 0.2) is 48.7 Å². The number of halogens is 2. The highest BCUT2D eigenvalue weighted by molar-refractivity contribution is 7.80. The molecule has 0 spiro atoms. The van der Waals surface area contributed by atoms with E-state index in [0.717, 1.165) is 47.4 Å². The first-order valence-electron chi connectivity index (χ1n) is 11.1. The smallest absolute Gasteiger partial charge is 0.170 e. The van der Waals surface area contributed by atoms with Crippen molar-refractivity contribution in [3.8, 4) is 5.69 Å². The van der Waals surface area contributed by atoms with Crippen LogP contribution < -0.4 is 5.32 Å². The Morgan fingerprint density at radius 3 is 2.61 bits per heavy atom. The number of nitrogens with zero attached hydrogens (tertiary/aromatic N) is 4. The molecule has 2 atom stereocenters. The number of pyridine rings is 1. The molecule has 0 unspecified atom stereocenters. The Balaban J connectivity index is 1.80. The van der Waals surface area contributed by atoms with Crippen LogP contribution in [0.1, 0.15) is 41.1 Å². The van der Waals surface area contributed by atoms with E-state index in [1.165, 1.54) is 5.56 Å². The quantitative estimate of drug-likeness (QED) is 0.419. The van der Waals surface area contributed by atoms with Crippen LogP contribution in [0, 0.1) is 13.8 Å². The monoisotopic (exact) mass is 501 g/mol. The summed E-state index contributed by atoms with van der Waals surface area (Å²) in [7, 11) is 4.19. The molecule has 1 aromatic carbocycles. The van der Waals surface area contributed by atoms with E-state index in [1.54, 1.807) is 0 Å². The van der Waals surface area contributed by atoms with Crippen molar-refractivity contribution in [2.75, 3.05) is 27.2 Å². The molecule has 3 heterocycles. The van der Waals surface area contributed by atoms with Crippen molar-refractivity contribution in [2.24, 2.45) is 0 Å². The molecule has 0 radical (unpaired) electrons. The van der Waals surface area contributed by atoms with Crippen molar-refractivity contribution in [3.05, 3.63) is 81.4 Å². The molecule has 1 fully saturated rings. The van der Waals surface area contributed by atoms with Gasteiger partial charge in [-0.1, -0.05) is 35.3 Å². The first-order chi connectivity index (χ1) is 15.8. The van der Waals surface area contributed by atoms with Gasteiger partial charge in [-0.3, -0.25) is 4.98 Å². The molecular formula is C25H29Cl2N5S. The first-order valence-corrected chi connectivity index (χ1v) is 12.2. The van der Waals surface area contributed by atoms with Gasteiger partial charge in [-0.25, -0.2) is 0 Å². The third-order valence-corrected chi connectivity index (χ3v) is 7.32. The molecule has 4 rings (SSSR count). The number of hydrogen-bond acceptors (Lipinski definition) is 3. The fraction of sp³-hybridized carbons (Fsp3) is 0.360. The van der Waals surface area contributed by atoms with Gasteiger partial charge in [0.25, 0.3) is 0 Å². The summed E-state index contributed by atoms with van der Waals surface area (Å²) in [6.07, 6.45) is 2.85. The maximum absolute atomic E-state index is 6.60. The minimum absolute atomic E-state index is 0.0208. The maximum Gasteiger partial charge on any atom is 0.170 e. The van der Waals surface area contributed by atoms with Crippen molar-refractivity contribution in [1.82, 2.24) is 24.7 Å². The number of aryl methyl sites for hydroxylation is 1. The minimum atomic E-state index is -0.0400. The van der Waals surface area contributed by atoms with Crippen molar-refractivity contribution in [2.45, 2.75) is 32.4 Å². The summed E-state index contributed by atoms with van der Waals surface area (Å²) < 4.78 is 2.18. The molecule has 1 saturated heterocycles. The summed E-state index contributed by atoms with van der Waals surface area (Å²) in [5.74, 6) is 0. The zero-order chi connectivity index (χ0) is 23.7. The highest BCUT2D eigenvalue weighted by Gasteiger charge is 2.41. The van der Waals surface area contributed by atoms with Gasteiger partial charge in [0.2, 0.25) is 0 Å². The second-order valence-electron chi connectivity index (χ2n) is 8.71. The number of rotatable bonds is 7. The zero-order valence-electron chi connectivity index (χ0n) is 19.3. The van der Waals surface area contributed by atoms with Gasteiger partial charge in [-0.15, -0.1) is 0 Å². The lowest BCUT2D eigenvalue weighted by molar-refractivity contribution is 0.292. The fourth-order valence-corrected chi connectivity index (χ4v) is 5.38. The average molecular weight is 503 g/mol. The average Bonchev–Trinajstić information content (AvgIpc) is 3.26. The summed E-state index contributed by atoms with van der Waals surface area (Å²) in [6.45, 7) is 6.09. The molecule has 1 aliphatic heterocycles. The number of thiocarbonyl (C=S) groups is 1. The second-order valence-corrected chi connectivity index (χ2v) is 9.88. The molecule has 33 heavy (non-hydrogen) atoms. The third kappa shape index (κ3) is 4.76. The standard InChI is InChI=1S/C25H29Cl2N5S/c1-16-15-18(17(2)32(16)21-11-7-9-19(26)22(21)27)24-23(20-10-5-6-12-28-20)29-25(33)31(24)14-8-13-30(3)4/h5-7,9-12,15,23-24H,8,13-14H2,1-4H3,(H,29,33)/t23-,24+/m0/s1. The Morgan fingerprint density at radius 2 is 1.91 bits per heavy atom. The normalized spacial score (nSPS) is 18.3. The van der Waals surface area contributed by atoms with Crippen molar-refractivity contribution >= 4 is 40.5 Å². The molecule has 5 nitrogen and oxygen atoms in total. The Kier molecular flexibility index (Phi) is 7.29. The van der Waals surface area contributed by atoms with Crippen molar-refractivity contribution < 1.29 is 0 Å². The van der Waals surface area contributed by atoms with E-state index in [4.69, 9.17) is 35.4 Å². The molecule has 0 aliphatic carbocycles. The van der Waals surface area contributed by atoms with Gasteiger partial charge in [0, 0.05) is 24.1 Å². The topological polar surface area (TPSA) is 36.3 Å². The summed E-state index contributed by atoms with van der Waals surface area (Å²) >= 11 is 18.8. The van der Waals surface area contributed by atoms with E-state index in [2.05, 4.69) is 64.7 Å². The van der Waals surface area contributed by atoms with Gasteiger partial charge in [0.05, 0.1) is 33.5 Å². The van der Waals surface area contributed by atoms with Crippen LogP contribution in [-0.4, -0.2) is 51.6 Å². The van der Waals surface area contributed by atoms with Gasteiger partial charge in [0.1, 0.15) is 0 Å². The molecule has 174 valence electrons. The van der Waals surface area contributed by atoms with Crippen LogP contribution in [0.4, 0.5) is 0 Å². The predicted octanol–water partition coefficient (Wildman–Crippen LogP) is 5.72. The van der Waals surface area contributed by atoms with Gasteiger partial charge in [-0.2, -0.15) is 0 Å². The highest BCUT2D eigenvalue weighted by Crippen LogP contribution is 2.42. The molecule has 0 saturated carbocycles. The van der Waals surface area contributed by atoms with Crippen LogP contribution in [-0.2, 0) is 0 Å². The zero-order valence-corrected chi connectivity index (χ0v) is 21.7. The molecule has 1 N–H and O–H groups in total. The van der Waals surface area contributed by atoms with Crippen molar-refractivity contribution in [3.63, 3.8) is 0 Å². The molecule has 8 heteroatoms. The Bertz CT molecular complexity index is 1150. The highest BCUT2D eigenvalue weighted by atomic mass is 35.5. The van der Waals surface area contributed by atoms with E-state index in [9.17, 15) is 0 Å². The molecule has 0 bridgehead atoms. The van der Waals surface area contributed by atoms with Crippen LogP contribution in [0.3, 0.4) is 0 Å². The van der Waals surface area contributed by atoms with Crippen LogP contribution in [0.5, 0.6) is 0 Å². The number of benzene rings is 1. The number of aromatic nitrogens is 2. The molecule has 1 aliphatic rings. The largest absolute Gasteiger partial charge is 0.352 e. The Hall–Kier alpha value is -2.12. The maximum atomic E-state index is 6.60. The lowest BCUT2D eigenvalue weighted by atomic mass is 9.96. The molecular weight excluding hydrogens is 473 g/mol. The van der Waals surface area contributed by atoms with E-state index in [1.807, 2.05) is 36.5 Å². The van der Waals surface area contributed by atoms with Crippen molar-refractivity contribution in [1.29, 1.82) is 0 Å². The van der Waals surface area contributed by atoms with E-state index in [0.29, 0.717) is 10.0 Å². The second kappa shape index (κ2) is 10.0. The Morgan fingerprint density at radius 1 is 1.12 bits per heavy atom. The number of nitrogens with one attached hydrogen (secondary N) is 1.